The Balaban J connectivity index is 0.0000202. The maximum atomic E-state index is 12.4. The van der Waals surface area contributed by atoms with Crippen LogP contribution in [0.25, 0.3) is 0 Å². The zero-order valence-electron chi connectivity index (χ0n) is 31.4. The minimum atomic E-state index is 0. The number of halogens is 1. The van der Waals surface area contributed by atoms with E-state index < -0.39 is 0 Å². The minimum Gasteiger partial charge on any atom is -1.00 e. The van der Waals surface area contributed by atoms with Crippen molar-refractivity contribution >= 4 is 11.7 Å². The van der Waals surface area contributed by atoms with Crippen molar-refractivity contribution in [3.8, 4) is 0 Å². The summed E-state index contributed by atoms with van der Waals surface area (Å²) >= 11 is 0. The summed E-state index contributed by atoms with van der Waals surface area (Å²) in [6.45, 7) is 6.22. The molecule has 4 nitrogen and oxygen atoms in total. The molecular formula is C41H80ClN3O. The molecule has 5 heteroatoms. The number of amidine groups is 1. The molecule has 0 aromatic carbocycles. The first kappa shape index (κ1) is 45.1. The van der Waals surface area contributed by atoms with Gasteiger partial charge >= 0.3 is 0 Å². The molecule has 0 saturated heterocycles. The van der Waals surface area contributed by atoms with Crippen molar-refractivity contribution in [2.45, 2.75) is 219 Å². The molecule has 272 valence electrons. The Morgan fingerprint density at radius 3 is 1.30 bits per heavy atom. The Bertz CT molecular complexity index is 724. The highest BCUT2D eigenvalue weighted by atomic mass is 35.5. The number of hydrogen-bond acceptors (Lipinski definition) is 2. The molecule has 0 bridgehead atoms. The number of likely N-dealkylation sites (N-methyl/N-ethyl adjacent to an activating group) is 1. The predicted octanol–water partition coefficient (Wildman–Crippen LogP) is 9.96. The van der Waals surface area contributed by atoms with Crippen LogP contribution >= 0.6 is 0 Å². The second-order valence-corrected chi connectivity index (χ2v) is 14.6. The van der Waals surface area contributed by atoms with Crippen LogP contribution in [0.4, 0.5) is 0 Å². The first-order chi connectivity index (χ1) is 22.1. The van der Waals surface area contributed by atoms with Crippen LogP contribution < -0.4 is 17.7 Å². The van der Waals surface area contributed by atoms with Crippen molar-refractivity contribution < 1.29 is 21.7 Å². The number of quaternary nitrogens is 1. The fourth-order valence-corrected chi connectivity index (χ4v) is 6.84. The summed E-state index contributed by atoms with van der Waals surface area (Å²) in [6.07, 6.45) is 47.3. The highest BCUT2D eigenvalue weighted by molar-refractivity contribution is 5.78. The van der Waals surface area contributed by atoms with E-state index in [0.717, 1.165) is 30.4 Å². The number of carbonyl (C=O) groups is 1. The van der Waals surface area contributed by atoms with Gasteiger partial charge in [-0.1, -0.05) is 194 Å². The Hall–Kier alpha value is -0.870. The summed E-state index contributed by atoms with van der Waals surface area (Å²) in [5.74, 6) is 1.49. The molecule has 46 heavy (non-hydrogen) atoms. The molecule has 1 unspecified atom stereocenters. The molecule has 1 aliphatic rings. The number of hydrogen-bond donors (Lipinski definition) is 1. The first-order valence-electron chi connectivity index (χ1n) is 20.5. The van der Waals surface area contributed by atoms with Crippen molar-refractivity contribution in [3.05, 3.63) is 12.4 Å². The summed E-state index contributed by atoms with van der Waals surface area (Å²) < 4.78 is 0.762. The number of aliphatic imine (C=N–C) groups is 1. The van der Waals surface area contributed by atoms with Crippen LogP contribution in [0, 0.1) is 0 Å². The summed E-state index contributed by atoms with van der Waals surface area (Å²) in [5, 5.41) is 3.18. The van der Waals surface area contributed by atoms with E-state index in [1.165, 1.54) is 192 Å². The van der Waals surface area contributed by atoms with Gasteiger partial charge in [0, 0.05) is 12.8 Å². The van der Waals surface area contributed by atoms with Crippen LogP contribution in [-0.4, -0.2) is 36.4 Å². The molecule has 0 radical (unpaired) electrons. The van der Waals surface area contributed by atoms with Gasteiger partial charge in [0.1, 0.15) is 12.7 Å². The van der Waals surface area contributed by atoms with E-state index in [4.69, 9.17) is 4.99 Å². The zero-order chi connectivity index (χ0) is 32.5. The van der Waals surface area contributed by atoms with Gasteiger partial charge in [0.25, 0.3) is 0 Å². The highest BCUT2D eigenvalue weighted by Crippen LogP contribution is 2.19. The third-order valence-electron chi connectivity index (χ3n) is 10.1. The van der Waals surface area contributed by atoms with Gasteiger partial charge in [0.15, 0.2) is 0 Å². The average Bonchev–Trinajstić information content (AvgIpc) is 3.40. The van der Waals surface area contributed by atoms with Crippen LogP contribution in [0.2, 0.25) is 0 Å². The maximum Gasteiger partial charge on any atom is 0.220 e. The largest absolute Gasteiger partial charge is 1.00 e. The van der Waals surface area contributed by atoms with Gasteiger partial charge in [0.2, 0.25) is 11.7 Å². The number of nitrogens with one attached hydrogen (secondary N) is 1. The summed E-state index contributed by atoms with van der Waals surface area (Å²) in [4.78, 5) is 17.1. The highest BCUT2D eigenvalue weighted by Gasteiger charge is 2.29. The van der Waals surface area contributed by atoms with Crippen molar-refractivity contribution in [2.75, 3.05) is 20.1 Å². The molecule has 0 saturated carbocycles. The molecule has 0 fully saturated rings. The average molecular weight is 667 g/mol. The molecule has 0 aromatic heterocycles. The lowest BCUT2D eigenvalue weighted by Gasteiger charge is -2.27. The summed E-state index contributed by atoms with van der Waals surface area (Å²) in [7, 11) is 2.24. The Labute approximate surface area is 294 Å². The molecule has 1 N–H and O–H groups in total. The maximum absolute atomic E-state index is 12.4. The van der Waals surface area contributed by atoms with E-state index in [1.807, 2.05) is 6.20 Å². The number of nitrogens with zero attached hydrogens (tertiary/aromatic N) is 2. The van der Waals surface area contributed by atoms with E-state index in [0.29, 0.717) is 6.42 Å². The molecule has 0 spiro atoms. The molecule has 1 atom stereocenters. The number of amides is 1. The number of rotatable bonds is 35. The molecule has 0 aromatic rings. The van der Waals surface area contributed by atoms with Crippen molar-refractivity contribution in [2.24, 2.45) is 4.99 Å². The monoisotopic (exact) mass is 666 g/mol. The van der Waals surface area contributed by atoms with Crippen molar-refractivity contribution in [1.29, 1.82) is 0 Å². The van der Waals surface area contributed by atoms with Crippen LogP contribution in [0.5, 0.6) is 0 Å². The van der Waals surface area contributed by atoms with E-state index in [2.05, 4.69) is 32.4 Å². The summed E-state index contributed by atoms with van der Waals surface area (Å²) in [6, 6.07) is 0. The minimum absolute atomic E-state index is 0. The van der Waals surface area contributed by atoms with E-state index in [1.54, 1.807) is 0 Å². The van der Waals surface area contributed by atoms with Gasteiger partial charge in [-0.25, -0.2) is 4.99 Å². The number of unbranched alkanes of at least 4 members (excludes halogenated alkanes) is 28. The first-order valence-corrected chi connectivity index (χ1v) is 20.5. The van der Waals surface area contributed by atoms with Crippen LogP contribution in [-0.2, 0) is 4.79 Å². The topological polar surface area (TPSA) is 41.5 Å². The second-order valence-electron chi connectivity index (χ2n) is 14.6. The SMILES string of the molecule is CCCCCCCCCCCCCCCCCC(=O)NCC[N+]1(C)C=CN=C1CCCCCCCCCCCCCCCCC.[Cl-]. The molecule has 0 aliphatic carbocycles. The summed E-state index contributed by atoms with van der Waals surface area (Å²) in [5.41, 5.74) is 0. The molecule has 1 amide bonds. The standard InChI is InChI=1S/C41H79N3O.ClH/c1-4-6-8-10-12-14-16-18-20-22-24-26-28-30-32-34-40-42-36-38-44(40,3)39-37-43-41(45)35-33-31-29-27-25-23-21-19-17-15-13-11-9-7-5-2;/h36,38H,4-35,37,39H2,1-3H3;1H. The zero-order valence-corrected chi connectivity index (χ0v) is 32.1. The van der Waals surface area contributed by atoms with Gasteiger partial charge in [-0.15, -0.1) is 0 Å². The Kier molecular flexibility index (Phi) is 33.4. The van der Waals surface area contributed by atoms with Crippen LogP contribution in [0.3, 0.4) is 0 Å². The molecule has 1 aliphatic heterocycles. The van der Waals surface area contributed by atoms with Crippen molar-refractivity contribution in [1.82, 2.24) is 5.32 Å². The third-order valence-corrected chi connectivity index (χ3v) is 10.1. The van der Waals surface area contributed by atoms with Gasteiger partial charge in [-0.3, -0.25) is 9.28 Å². The van der Waals surface area contributed by atoms with E-state index in [9.17, 15) is 4.79 Å². The van der Waals surface area contributed by atoms with E-state index in [-0.39, 0.29) is 18.3 Å². The predicted molar refractivity (Wildman–Crippen MR) is 200 cm³/mol. The second kappa shape index (κ2) is 34.0. The van der Waals surface area contributed by atoms with Gasteiger partial charge < -0.3 is 17.7 Å². The van der Waals surface area contributed by atoms with Crippen LogP contribution in [0.1, 0.15) is 219 Å². The lowest BCUT2D eigenvalue weighted by Crippen LogP contribution is -3.00. The number of carbonyl (C=O) groups excluding carboxylic acids is 1. The molecule has 1 rings (SSSR count). The van der Waals surface area contributed by atoms with E-state index >= 15 is 0 Å². The van der Waals surface area contributed by atoms with Gasteiger partial charge in [0.05, 0.1) is 19.8 Å². The van der Waals surface area contributed by atoms with Gasteiger partial charge in [-0.05, 0) is 12.8 Å². The normalized spacial score (nSPS) is 15.7. The Morgan fingerprint density at radius 1 is 0.565 bits per heavy atom. The lowest BCUT2D eigenvalue weighted by molar-refractivity contribution is -0.763. The van der Waals surface area contributed by atoms with Gasteiger partial charge in [-0.2, -0.15) is 0 Å². The lowest BCUT2D eigenvalue weighted by atomic mass is 10.0. The molecule has 1 heterocycles. The smallest absolute Gasteiger partial charge is 0.220 e. The van der Waals surface area contributed by atoms with Crippen molar-refractivity contribution in [3.63, 3.8) is 0 Å². The van der Waals surface area contributed by atoms with Crippen LogP contribution in [0.15, 0.2) is 17.4 Å². The quantitative estimate of drug-likeness (QED) is 0.0531. The third kappa shape index (κ3) is 27.1. The molecular weight excluding hydrogens is 586 g/mol. The fraction of sp³-hybridized carbons (Fsp3) is 0.902. The Morgan fingerprint density at radius 2 is 0.913 bits per heavy atom. The fourth-order valence-electron chi connectivity index (χ4n) is 6.84.